The third-order valence-corrected chi connectivity index (χ3v) is 1.29. The Labute approximate surface area is 87.3 Å². The molecule has 0 saturated carbocycles. The topological polar surface area (TPSA) is 43.4 Å². The van der Waals surface area contributed by atoms with Gasteiger partial charge in [-0.3, -0.25) is 4.79 Å². The van der Waals surface area contributed by atoms with Gasteiger partial charge in [-0.2, -0.15) is 0 Å². The van der Waals surface area contributed by atoms with Crippen LogP contribution in [0.4, 0.5) is 0 Å². The van der Waals surface area contributed by atoms with Gasteiger partial charge in [-0.15, -0.1) is 0 Å². The van der Waals surface area contributed by atoms with Crippen LogP contribution in [-0.4, -0.2) is 35.1 Å². The normalized spacial score (nSPS) is 8.17. The quantitative estimate of drug-likeness (QED) is 0.436. The van der Waals surface area contributed by atoms with Crippen LogP contribution in [-0.2, 0) is 12.6 Å². The number of unbranched alkanes of at least 4 members (excludes halogenated alkanes) is 2. The van der Waals surface area contributed by atoms with Crippen LogP contribution in [0.25, 0.3) is 0 Å². The molecule has 0 aliphatic carbocycles. The predicted octanol–water partition coefficient (Wildman–Crippen LogP) is 1.63. The maximum atomic E-state index is 10.7. The molecule has 0 rings (SSSR count). The van der Waals surface area contributed by atoms with Gasteiger partial charge < -0.3 is 4.74 Å². The minimum atomic E-state index is -0.0593. The summed E-state index contributed by atoms with van der Waals surface area (Å²) < 4.78 is 13.1. The Balaban J connectivity index is 0. The fraction of sp³-hybridized carbons (Fsp3) is 0.875. The van der Waals surface area contributed by atoms with E-state index >= 15 is 0 Å². The SMILES string of the molecule is CCCCCC(=O)OCC.[O]=[Sn]. The molecule has 70 valence electrons. The van der Waals surface area contributed by atoms with E-state index in [9.17, 15) is 4.79 Å². The van der Waals surface area contributed by atoms with Gasteiger partial charge in [-0.1, -0.05) is 19.8 Å². The van der Waals surface area contributed by atoms with Crippen LogP contribution < -0.4 is 0 Å². The van der Waals surface area contributed by atoms with Gasteiger partial charge in [0.15, 0.2) is 0 Å². The van der Waals surface area contributed by atoms with Crippen LogP contribution >= 0.6 is 0 Å². The van der Waals surface area contributed by atoms with E-state index in [4.69, 9.17) is 7.81 Å². The van der Waals surface area contributed by atoms with Gasteiger partial charge >= 0.3 is 31.6 Å². The molecule has 3 nitrogen and oxygen atoms in total. The standard InChI is InChI=1S/C8H16O2.O.Sn/c1-3-5-6-7-8(9)10-4-2;;/h3-7H2,1-2H3;;. The molecule has 0 saturated heterocycles. The molecule has 0 aromatic carbocycles. The number of hydrogen-bond acceptors (Lipinski definition) is 3. The summed E-state index contributed by atoms with van der Waals surface area (Å²) in [6, 6.07) is 0. The van der Waals surface area contributed by atoms with Crippen molar-refractivity contribution in [2.24, 2.45) is 0 Å². The molecule has 0 N–H and O–H groups in total. The van der Waals surface area contributed by atoms with E-state index in [1.165, 1.54) is 0 Å². The van der Waals surface area contributed by atoms with Crippen molar-refractivity contribution in [3.05, 3.63) is 0 Å². The van der Waals surface area contributed by atoms with E-state index in [0.717, 1.165) is 19.3 Å². The van der Waals surface area contributed by atoms with Crippen LogP contribution in [0.5, 0.6) is 0 Å². The second-order valence-corrected chi connectivity index (χ2v) is 2.26. The number of hydrogen-bond donors (Lipinski definition) is 0. The minimum absolute atomic E-state index is 0.0593. The van der Waals surface area contributed by atoms with E-state index in [1.807, 2.05) is 6.92 Å². The first kappa shape index (κ1) is 14.6. The first-order chi connectivity index (χ1) is 5.81. The van der Waals surface area contributed by atoms with E-state index in [0.29, 0.717) is 35.5 Å². The van der Waals surface area contributed by atoms with Crippen molar-refractivity contribution < 1.29 is 12.6 Å². The Hall–Kier alpha value is 0.0687. The molecule has 0 amide bonds. The van der Waals surface area contributed by atoms with Crippen molar-refractivity contribution in [1.29, 1.82) is 0 Å². The Morgan fingerprint density at radius 2 is 1.83 bits per heavy atom. The molecule has 0 fully saturated rings. The second-order valence-electron chi connectivity index (χ2n) is 2.26. The summed E-state index contributed by atoms with van der Waals surface area (Å²) in [5, 5.41) is 0. The molecule has 0 atom stereocenters. The van der Waals surface area contributed by atoms with Gasteiger partial charge in [-0.05, 0) is 13.3 Å². The van der Waals surface area contributed by atoms with Crippen molar-refractivity contribution in [2.75, 3.05) is 6.61 Å². The van der Waals surface area contributed by atoms with Gasteiger partial charge in [0.05, 0.1) is 6.61 Å². The summed E-state index contributed by atoms with van der Waals surface area (Å²) >= 11 is 0.300. The number of ether oxygens (including phenoxy) is 1. The van der Waals surface area contributed by atoms with Crippen LogP contribution in [0.15, 0.2) is 0 Å². The zero-order valence-corrected chi connectivity index (χ0v) is 10.6. The van der Waals surface area contributed by atoms with E-state index in [-0.39, 0.29) is 5.97 Å². The van der Waals surface area contributed by atoms with E-state index < -0.39 is 0 Å². The Bertz CT molecular complexity index is 106. The molecule has 0 spiro atoms. The van der Waals surface area contributed by atoms with E-state index in [2.05, 4.69) is 6.92 Å². The molecular weight excluding hydrogens is 263 g/mol. The molecule has 0 unspecified atom stereocenters. The molecule has 4 heteroatoms. The molecule has 0 bridgehead atoms. The van der Waals surface area contributed by atoms with Crippen molar-refractivity contribution in [3.8, 4) is 0 Å². The number of carbonyl (C=O) groups excluding carboxylic acids is 1. The monoisotopic (exact) mass is 280 g/mol. The molecule has 0 aliphatic rings. The third-order valence-electron chi connectivity index (χ3n) is 1.29. The van der Waals surface area contributed by atoms with Gasteiger partial charge in [0.1, 0.15) is 0 Å². The van der Waals surface area contributed by atoms with Crippen LogP contribution in [0.2, 0.25) is 0 Å². The molecule has 0 heterocycles. The molecule has 0 aliphatic heterocycles. The molecular formula is C8H16O3Sn. The average Bonchev–Trinajstić information content (AvgIpc) is 2.09. The molecule has 2 radical (unpaired) electrons. The first-order valence-corrected chi connectivity index (χ1v) is 5.33. The van der Waals surface area contributed by atoms with Gasteiger partial charge in [0.2, 0.25) is 0 Å². The number of rotatable bonds is 5. The predicted molar refractivity (Wildman–Crippen MR) is 47.2 cm³/mol. The summed E-state index contributed by atoms with van der Waals surface area (Å²) in [6.07, 6.45) is 3.83. The Morgan fingerprint density at radius 3 is 2.25 bits per heavy atom. The van der Waals surface area contributed by atoms with Crippen LogP contribution in [0.3, 0.4) is 0 Å². The number of esters is 1. The fourth-order valence-corrected chi connectivity index (χ4v) is 0.752. The summed E-state index contributed by atoms with van der Waals surface area (Å²) in [7, 11) is 0. The Morgan fingerprint density at radius 1 is 1.25 bits per heavy atom. The molecule has 0 aromatic heterocycles. The van der Waals surface area contributed by atoms with Crippen LogP contribution in [0, 0.1) is 0 Å². The van der Waals surface area contributed by atoms with Crippen molar-refractivity contribution in [3.63, 3.8) is 0 Å². The van der Waals surface area contributed by atoms with Crippen molar-refractivity contribution >= 4 is 28.5 Å². The van der Waals surface area contributed by atoms with E-state index in [1.54, 1.807) is 0 Å². The average molecular weight is 279 g/mol. The van der Waals surface area contributed by atoms with Crippen molar-refractivity contribution in [2.45, 2.75) is 39.5 Å². The summed E-state index contributed by atoms with van der Waals surface area (Å²) in [6.45, 7) is 4.45. The zero-order valence-electron chi connectivity index (χ0n) is 7.76. The summed E-state index contributed by atoms with van der Waals surface area (Å²) in [4.78, 5) is 10.7. The summed E-state index contributed by atoms with van der Waals surface area (Å²) in [5.74, 6) is -0.0593. The third kappa shape index (κ3) is 12.7. The second kappa shape index (κ2) is 13.6. The first-order valence-electron chi connectivity index (χ1n) is 4.17. The zero-order chi connectivity index (χ0) is 9.82. The Kier molecular flexibility index (Phi) is 16.6. The van der Waals surface area contributed by atoms with Gasteiger partial charge in [0, 0.05) is 6.42 Å². The molecule has 0 aromatic rings. The fourth-order valence-electron chi connectivity index (χ4n) is 0.752. The van der Waals surface area contributed by atoms with Crippen molar-refractivity contribution in [1.82, 2.24) is 0 Å². The molecule has 12 heavy (non-hydrogen) atoms. The maximum absolute atomic E-state index is 10.7. The van der Waals surface area contributed by atoms with Crippen LogP contribution in [0.1, 0.15) is 39.5 Å². The van der Waals surface area contributed by atoms with Gasteiger partial charge in [0.25, 0.3) is 0 Å². The number of carbonyl (C=O) groups is 1. The summed E-state index contributed by atoms with van der Waals surface area (Å²) in [5.41, 5.74) is 0. The van der Waals surface area contributed by atoms with Gasteiger partial charge in [-0.25, -0.2) is 0 Å².